The minimum Gasteiger partial charge on any atom is -0.508 e. The molecule has 0 radical (unpaired) electrons. The van der Waals surface area contributed by atoms with Crippen LogP contribution in [0.2, 0.25) is 0 Å². The van der Waals surface area contributed by atoms with Crippen molar-refractivity contribution in [1.82, 2.24) is 0 Å². The standard InChI is InChI=1S/C24H24O12/c1-10(25)33-9-16-18(28)20(30)21(31)24(35-16)36-23-19(29)17-14(27)7-13(32-2)8-15(17)34-22(23)11-3-5-12(26)6-4-11/h3-8,16,18,20-21,24,26-28,30-31H,9H2,1-2H3/t16-,18-,20+,21-,24+/m1/s1. The lowest BCUT2D eigenvalue weighted by molar-refractivity contribution is -0.278. The molecule has 1 aromatic heterocycles. The Labute approximate surface area is 203 Å². The van der Waals surface area contributed by atoms with E-state index in [-0.39, 0.29) is 33.8 Å². The number of aromatic hydroxyl groups is 2. The molecule has 5 atom stereocenters. The predicted molar refractivity (Wildman–Crippen MR) is 122 cm³/mol. The maximum atomic E-state index is 13.5. The maximum absolute atomic E-state index is 13.5. The van der Waals surface area contributed by atoms with E-state index in [0.717, 1.165) is 6.92 Å². The first-order valence-electron chi connectivity index (χ1n) is 10.8. The van der Waals surface area contributed by atoms with Crippen LogP contribution in [0.15, 0.2) is 45.6 Å². The second kappa shape index (κ2) is 10.0. The van der Waals surface area contributed by atoms with Crippen LogP contribution in [-0.4, -0.2) is 75.9 Å². The minimum absolute atomic E-state index is 0.0411. The maximum Gasteiger partial charge on any atom is 0.302 e. The van der Waals surface area contributed by atoms with Crippen LogP contribution in [0, 0.1) is 0 Å². The summed E-state index contributed by atoms with van der Waals surface area (Å²) in [5.74, 6) is -1.61. The van der Waals surface area contributed by atoms with Gasteiger partial charge in [0.25, 0.3) is 0 Å². The molecule has 0 aliphatic carbocycles. The summed E-state index contributed by atoms with van der Waals surface area (Å²) in [6.45, 7) is 0.679. The average Bonchev–Trinajstić information content (AvgIpc) is 2.84. The quantitative estimate of drug-likeness (QED) is 0.295. The summed E-state index contributed by atoms with van der Waals surface area (Å²) in [5, 5.41) is 50.9. The molecule has 1 aliphatic rings. The molecule has 12 nitrogen and oxygen atoms in total. The Bertz CT molecular complexity index is 1320. The third-order valence-electron chi connectivity index (χ3n) is 5.62. The van der Waals surface area contributed by atoms with Gasteiger partial charge in [-0.25, -0.2) is 0 Å². The molecule has 2 aromatic carbocycles. The molecule has 0 saturated carbocycles. The number of carbonyl (C=O) groups excluding carboxylic acids is 1. The van der Waals surface area contributed by atoms with Crippen molar-refractivity contribution in [1.29, 1.82) is 0 Å². The van der Waals surface area contributed by atoms with Gasteiger partial charge in [0.1, 0.15) is 59.2 Å². The first-order chi connectivity index (χ1) is 17.1. The second-order valence-electron chi connectivity index (χ2n) is 8.09. The molecule has 192 valence electrons. The summed E-state index contributed by atoms with van der Waals surface area (Å²) in [6.07, 6.45) is -8.21. The van der Waals surface area contributed by atoms with Crippen LogP contribution >= 0.6 is 0 Å². The van der Waals surface area contributed by atoms with Crippen LogP contribution in [0.4, 0.5) is 0 Å². The molecule has 0 amide bonds. The fourth-order valence-corrected chi connectivity index (χ4v) is 3.75. The first kappa shape index (κ1) is 25.3. The zero-order chi connectivity index (χ0) is 26.1. The Kier molecular flexibility index (Phi) is 7.04. The van der Waals surface area contributed by atoms with E-state index in [0.29, 0.717) is 0 Å². The summed E-state index contributed by atoms with van der Waals surface area (Å²) in [7, 11) is 1.37. The van der Waals surface area contributed by atoms with Crippen LogP contribution in [0.1, 0.15) is 6.92 Å². The number of hydrogen-bond donors (Lipinski definition) is 5. The van der Waals surface area contributed by atoms with E-state index >= 15 is 0 Å². The third kappa shape index (κ3) is 4.79. The molecule has 3 aromatic rings. The summed E-state index contributed by atoms with van der Waals surface area (Å²) in [5.41, 5.74) is -0.598. The van der Waals surface area contributed by atoms with Crippen LogP contribution in [0.25, 0.3) is 22.3 Å². The molecular formula is C24H24O12. The average molecular weight is 504 g/mol. The van der Waals surface area contributed by atoms with Crippen LogP contribution in [-0.2, 0) is 14.3 Å². The highest BCUT2D eigenvalue weighted by Gasteiger charge is 2.46. The number of fused-ring (bicyclic) bond motifs is 1. The van der Waals surface area contributed by atoms with Crippen molar-refractivity contribution in [2.45, 2.75) is 37.6 Å². The van der Waals surface area contributed by atoms with Gasteiger partial charge in [-0.15, -0.1) is 0 Å². The lowest BCUT2D eigenvalue weighted by Crippen LogP contribution is -2.60. The summed E-state index contributed by atoms with van der Waals surface area (Å²) >= 11 is 0. The van der Waals surface area contributed by atoms with E-state index < -0.39 is 60.2 Å². The molecule has 0 unspecified atom stereocenters. The van der Waals surface area contributed by atoms with Gasteiger partial charge in [-0.05, 0) is 24.3 Å². The highest BCUT2D eigenvalue weighted by molar-refractivity contribution is 5.88. The van der Waals surface area contributed by atoms with Crippen molar-refractivity contribution in [3.8, 4) is 34.3 Å². The molecule has 2 heterocycles. The molecule has 36 heavy (non-hydrogen) atoms. The largest absolute Gasteiger partial charge is 0.508 e. The van der Waals surface area contributed by atoms with Crippen LogP contribution < -0.4 is 14.9 Å². The number of benzene rings is 2. The van der Waals surface area contributed by atoms with E-state index in [1.165, 1.54) is 43.5 Å². The zero-order valence-corrected chi connectivity index (χ0v) is 19.2. The number of rotatable bonds is 6. The second-order valence-corrected chi connectivity index (χ2v) is 8.09. The van der Waals surface area contributed by atoms with Crippen molar-refractivity contribution in [3.63, 3.8) is 0 Å². The molecule has 1 saturated heterocycles. The van der Waals surface area contributed by atoms with Crippen LogP contribution in [0.5, 0.6) is 23.0 Å². The smallest absolute Gasteiger partial charge is 0.302 e. The number of carbonyl (C=O) groups is 1. The SMILES string of the molecule is COc1cc(O)c2c(=O)c(O[C@@H]3O[C@H](COC(C)=O)[C@@H](O)[C@H](O)[C@H]3O)c(-c3ccc(O)cc3)oc2c1. The van der Waals surface area contributed by atoms with E-state index in [2.05, 4.69) is 0 Å². The van der Waals surface area contributed by atoms with Crippen molar-refractivity contribution >= 4 is 16.9 Å². The van der Waals surface area contributed by atoms with Gasteiger partial charge < -0.3 is 48.9 Å². The Hall–Kier alpha value is -3.84. The van der Waals surface area contributed by atoms with Crippen molar-refractivity contribution in [2.75, 3.05) is 13.7 Å². The molecule has 0 bridgehead atoms. The van der Waals surface area contributed by atoms with E-state index in [4.69, 9.17) is 23.4 Å². The van der Waals surface area contributed by atoms with Gasteiger partial charge in [0.2, 0.25) is 17.5 Å². The van der Waals surface area contributed by atoms with Crippen molar-refractivity contribution in [2.24, 2.45) is 0 Å². The van der Waals surface area contributed by atoms with Gasteiger partial charge in [0, 0.05) is 24.6 Å². The monoisotopic (exact) mass is 504 g/mol. The Balaban J connectivity index is 1.82. The molecule has 0 spiro atoms. The fraction of sp³-hybridized carbons (Fsp3) is 0.333. The molecule has 5 N–H and O–H groups in total. The van der Waals surface area contributed by atoms with Gasteiger partial charge in [-0.2, -0.15) is 0 Å². The summed E-state index contributed by atoms with van der Waals surface area (Å²) < 4.78 is 27.1. The molecule has 4 rings (SSSR count). The Morgan fingerprint density at radius 3 is 2.36 bits per heavy atom. The highest BCUT2D eigenvalue weighted by atomic mass is 16.7. The predicted octanol–water partition coefficient (Wildman–Crippen LogP) is 0.629. The van der Waals surface area contributed by atoms with E-state index in [9.17, 15) is 35.1 Å². The number of esters is 1. The van der Waals surface area contributed by atoms with Gasteiger partial charge in [-0.1, -0.05) is 0 Å². The van der Waals surface area contributed by atoms with E-state index in [1.807, 2.05) is 0 Å². The minimum atomic E-state index is -1.82. The number of methoxy groups -OCH3 is 1. The van der Waals surface area contributed by atoms with Gasteiger partial charge >= 0.3 is 5.97 Å². The molecular weight excluding hydrogens is 480 g/mol. The zero-order valence-electron chi connectivity index (χ0n) is 19.2. The van der Waals surface area contributed by atoms with Gasteiger partial charge in [0.05, 0.1) is 7.11 Å². The fourth-order valence-electron chi connectivity index (χ4n) is 3.75. The Morgan fingerprint density at radius 2 is 1.72 bits per heavy atom. The number of aliphatic hydroxyl groups excluding tert-OH is 3. The molecule has 1 aliphatic heterocycles. The lowest BCUT2D eigenvalue weighted by Gasteiger charge is -2.39. The molecule has 12 heteroatoms. The third-order valence-corrected chi connectivity index (χ3v) is 5.62. The topological polar surface area (TPSA) is 185 Å². The first-order valence-corrected chi connectivity index (χ1v) is 10.8. The number of phenols is 2. The normalized spacial score (nSPS) is 23.9. The Morgan fingerprint density at radius 1 is 1.03 bits per heavy atom. The van der Waals surface area contributed by atoms with Gasteiger partial charge in [-0.3, -0.25) is 9.59 Å². The number of hydrogen-bond acceptors (Lipinski definition) is 12. The molecule has 1 fully saturated rings. The van der Waals surface area contributed by atoms with E-state index in [1.54, 1.807) is 0 Å². The van der Waals surface area contributed by atoms with Crippen LogP contribution in [0.3, 0.4) is 0 Å². The summed E-state index contributed by atoms with van der Waals surface area (Å²) in [6, 6.07) is 8.14. The summed E-state index contributed by atoms with van der Waals surface area (Å²) in [4.78, 5) is 24.7. The number of aliphatic hydroxyl groups is 3. The lowest BCUT2D eigenvalue weighted by atomic mass is 9.99. The van der Waals surface area contributed by atoms with Gasteiger partial charge in [0.15, 0.2) is 5.76 Å². The number of ether oxygens (including phenoxy) is 4. The van der Waals surface area contributed by atoms with Crippen molar-refractivity contribution in [3.05, 3.63) is 46.6 Å². The highest BCUT2D eigenvalue weighted by Crippen LogP contribution is 2.37. The van der Waals surface area contributed by atoms with Crippen molar-refractivity contribution < 1.29 is 53.7 Å². The number of phenolic OH excluding ortho intramolecular Hbond substituents is 2.